The van der Waals surface area contributed by atoms with Crippen molar-refractivity contribution in [2.24, 2.45) is 5.73 Å². The van der Waals surface area contributed by atoms with Crippen LogP contribution in [-0.2, 0) is 0 Å². The van der Waals surface area contributed by atoms with Crippen LogP contribution in [0.3, 0.4) is 0 Å². The van der Waals surface area contributed by atoms with E-state index in [-0.39, 0.29) is 6.04 Å². The van der Waals surface area contributed by atoms with Gasteiger partial charge in [-0.3, -0.25) is 0 Å². The highest BCUT2D eigenvalue weighted by atomic mass is 35.5. The van der Waals surface area contributed by atoms with E-state index in [1.807, 2.05) is 18.2 Å². The minimum atomic E-state index is 0.240. The van der Waals surface area contributed by atoms with Crippen LogP contribution in [0.4, 0.5) is 5.69 Å². The van der Waals surface area contributed by atoms with Crippen LogP contribution in [0.5, 0.6) is 5.75 Å². The molecule has 2 rings (SSSR count). The summed E-state index contributed by atoms with van der Waals surface area (Å²) < 4.78 is 5.38. The molecule has 1 aromatic carbocycles. The largest absolute Gasteiger partial charge is 0.495 e. The van der Waals surface area contributed by atoms with E-state index in [1.54, 1.807) is 7.11 Å². The van der Waals surface area contributed by atoms with Crippen molar-refractivity contribution in [3.63, 3.8) is 0 Å². The van der Waals surface area contributed by atoms with Gasteiger partial charge in [0.05, 0.1) is 12.8 Å². The van der Waals surface area contributed by atoms with Gasteiger partial charge in [-0.15, -0.1) is 0 Å². The minimum absolute atomic E-state index is 0.240. The Morgan fingerprint density at radius 1 is 1.41 bits per heavy atom. The topological polar surface area (TPSA) is 38.5 Å². The van der Waals surface area contributed by atoms with Gasteiger partial charge in [-0.2, -0.15) is 0 Å². The maximum absolute atomic E-state index is 6.13. The fraction of sp³-hybridized carbons (Fsp3) is 0.538. The molecule has 94 valence electrons. The zero-order valence-corrected chi connectivity index (χ0v) is 11.1. The number of likely N-dealkylation sites (N-methyl/N-ethyl adjacent to an activating group) is 1. The number of hydrogen-bond donors (Lipinski definition) is 1. The Balaban J connectivity index is 2.28. The Labute approximate surface area is 107 Å². The van der Waals surface area contributed by atoms with Gasteiger partial charge in [-0.05, 0) is 37.5 Å². The molecule has 4 heteroatoms. The molecule has 0 aromatic heterocycles. The van der Waals surface area contributed by atoms with E-state index in [2.05, 4.69) is 11.9 Å². The van der Waals surface area contributed by atoms with Crippen LogP contribution in [0.15, 0.2) is 18.2 Å². The maximum Gasteiger partial charge on any atom is 0.142 e. The summed E-state index contributed by atoms with van der Waals surface area (Å²) in [7, 11) is 3.74. The average molecular weight is 255 g/mol. The molecule has 1 saturated carbocycles. The highest BCUT2D eigenvalue weighted by molar-refractivity contribution is 6.30. The van der Waals surface area contributed by atoms with E-state index in [1.165, 1.54) is 6.42 Å². The smallest absolute Gasteiger partial charge is 0.142 e. The van der Waals surface area contributed by atoms with Crippen LogP contribution in [0.2, 0.25) is 5.02 Å². The predicted octanol–water partition coefficient (Wildman–Crippen LogP) is 2.66. The Morgan fingerprint density at radius 3 is 2.76 bits per heavy atom. The van der Waals surface area contributed by atoms with Gasteiger partial charge in [0.2, 0.25) is 0 Å². The Bertz CT molecular complexity index is 397. The number of hydrogen-bond acceptors (Lipinski definition) is 3. The number of ether oxygens (including phenoxy) is 1. The number of methoxy groups -OCH3 is 1. The van der Waals surface area contributed by atoms with Gasteiger partial charge in [0.1, 0.15) is 5.75 Å². The summed E-state index contributed by atoms with van der Waals surface area (Å²) in [5.41, 5.74) is 7.15. The first kappa shape index (κ1) is 12.5. The molecule has 0 aliphatic heterocycles. The molecule has 0 spiro atoms. The first-order chi connectivity index (χ1) is 8.13. The summed E-state index contributed by atoms with van der Waals surface area (Å²) in [6, 6.07) is 6.29. The molecule has 0 heterocycles. The monoisotopic (exact) mass is 254 g/mol. The summed E-state index contributed by atoms with van der Waals surface area (Å²) in [6.07, 6.45) is 3.42. The van der Waals surface area contributed by atoms with E-state index < -0.39 is 0 Å². The highest BCUT2D eigenvalue weighted by Crippen LogP contribution is 2.34. The first-order valence-electron chi connectivity index (χ1n) is 5.95. The number of halogens is 1. The highest BCUT2D eigenvalue weighted by Gasteiger charge is 2.28. The van der Waals surface area contributed by atoms with Gasteiger partial charge in [0.25, 0.3) is 0 Å². The van der Waals surface area contributed by atoms with Crippen LogP contribution in [0, 0.1) is 0 Å². The van der Waals surface area contributed by atoms with Crippen molar-refractivity contribution in [1.29, 1.82) is 0 Å². The van der Waals surface area contributed by atoms with Gasteiger partial charge in [0.15, 0.2) is 0 Å². The summed E-state index contributed by atoms with van der Waals surface area (Å²) in [4.78, 5) is 2.20. The minimum Gasteiger partial charge on any atom is -0.495 e. The molecule has 0 saturated heterocycles. The zero-order valence-electron chi connectivity index (χ0n) is 10.3. The van der Waals surface area contributed by atoms with Crippen LogP contribution in [0.1, 0.15) is 19.3 Å². The number of benzene rings is 1. The fourth-order valence-electron chi connectivity index (χ4n) is 2.57. The quantitative estimate of drug-likeness (QED) is 0.901. The Kier molecular flexibility index (Phi) is 3.79. The number of nitrogens with two attached hydrogens (primary N) is 1. The van der Waals surface area contributed by atoms with Crippen molar-refractivity contribution in [1.82, 2.24) is 0 Å². The standard InChI is InChI=1S/C13H19ClN2O/c1-16(11-5-3-4-10(11)15)12-8-9(14)6-7-13(12)17-2/h6-8,10-11H,3-5,15H2,1-2H3. The Hall–Kier alpha value is -0.930. The SMILES string of the molecule is COc1ccc(Cl)cc1N(C)C1CCCC1N. The molecule has 3 nitrogen and oxygen atoms in total. The van der Waals surface area contributed by atoms with Crippen LogP contribution >= 0.6 is 11.6 Å². The van der Waals surface area contributed by atoms with E-state index in [0.29, 0.717) is 6.04 Å². The predicted molar refractivity (Wildman–Crippen MR) is 72.0 cm³/mol. The van der Waals surface area contributed by atoms with Gasteiger partial charge >= 0.3 is 0 Å². The summed E-state index contributed by atoms with van der Waals surface area (Å²) in [5, 5.41) is 0.721. The molecular weight excluding hydrogens is 236 g/mol. The summed E-state index contributed by atoms with van der Waals surface area (Å²) in [6.45, 7) is 0. The molecule has 0 amide bonds. The zero-order chi connectivity index (χ0) is 12.4. The van der Waals surface area contributed by atoms with Crippen molar-refractivity contribution in [3.8, 4) is 5.75 Å². The van der Waals surface area contributed by atoms with E-state index in [9.17, 15) is 0 Å². The normalized spacial score (nSPS) is 23.8. The van der Waals surface area contributed by atoms with Gasteiger partial charge in [-0.25, -0.2) is 0 Å². The van der Waals surface area contributed by atoms with Gasteiger partial charge in [0, 0.05) is 24.2 Å². The summed E-state index contributed by atoms with van der Waals surface area (Å²) >= 11 is 6.05. The number of nitrogens with zero attached hydrogens (tertiary/aromatic N) is 1. The second kappa shape index (κ2) is 5.15. The molecule has 2 N–H and O–H groups in total. The number of anilines is 1. The maximum atomic E-state index is 6.13. The lowest BCUT2D eigenvalue weighted by Crippen LogP contribution is -2.42. The van der Waals surface area contributed by atoms with Crippen LogP contribution < -0.4 is 15.4 Å². The molecule has 1 aliphatic rings. The molecule has 2 unspecified atom stereocenters. The van der Waals surface area contributed by atoms with Crippen molar-refractivity contribution in [3.05, 3.63) is 23.2 Å². The Morgan fingerprint density at radius 2 is 2.18 bits per heavy atom. The lowest BCUT2D eigenvalue weighted by atomic mass is 10.1. The summed E-state index contributed by atoms with van der Waals surface area (Å²) in [5.74, 6) is 0.844. The number of rotatable bonds is 3. The van der Waals surface area contributed by atoms with Gasteiger partial charge in [-0.1, -0.05) is 11.6 Å². The lowest BCUT2D eigenvalue weighted by molar-refractivity contribution is 0.412. The molecule has 1 aromatic rings. The second-order valence-electron chi connectivity index (χ2n) is 4.59. The van der Waals surface area contributed by atoms with Crippen LogP contribution in [-0.4, -0.2) is 26.2 Å². The fourth-order valence-corrected chi connectivity index (χ4v) is 2.73. The molecule has 0 radical (unpaired) electrons. The molecule has 1 fully saturated rings. The third-order valence-corrected chi connectivity index (χ3v) is 3.79. The van der Waals surface area contributed by atoms with E-state index in [0.717, 1.165) is 29.3 Å². The molecule has 0 bridgehead atoms. The second-order valence-corrected chi connectivity index (χ2v) is 5.03. The first-order valence-corrected chi connectivity index (χ1v) is 6.33. The molecule has 2 atom stereocenters. The van der Waals surface area contributed by atoms with Crippen molar-refractivity contribution >= 4 is 17.3 Å². The average Bonchev–Trinajstić information content (AvgIpc) is 2.74. The molecule has 17 heavy (non-hydrogen) atoms. The van der Waals surface area contributed by atoms with Crippen molar-refractivity contribution in [2.45, 2.75) is 31.3 Å². The molecule has 1 aliphatic carbocycles. The van der Waals surface area contributed by atoms with Crippen molar-refractivity contribution < 1.29 is 4.74 Å². The van der Waals surface area contributed by atoms with E-state index >= 15 is 0 Å². The lowest BCUT2D eigenvalue weighted by Gasteiger charge is -2.31. The van der Waals surface area contributed by atoms with Gasteiger partial charge < -0.3 is 15.4 Å². The van der Waals surface area contributed by atoms with E-state index in [4.69, 9.17) is 22.1 Å². The van der Waals surface area contributed by atoms with Crippen LogP contribution in [0.25, 0.3) is 0 Å². The molecular formula is C13H19ClN2O. The third-order valence-electron chi connectivity index (χ3n) is 3.55. The third kappa shape index (κ3) is 2.50. The van der Waals surface area contributed by atoms with Crippen molar-refractivity contribution in [2.75, 3.05) is 19.1 Å².